The lowest BCUT2D eigenvalue weighted by atomic mass is 10.1. The third-order valence-electron chi connectivity index (χ3n) is 2.70. The Balaban J connectivity index is 2.04. The van der Waals surface area contributed by atoms with Gasteiger partial charge in [0.1, 0.15) is 0 Å². The van der Waals surface area contributed by atoms with Crippen LogP contribution in [-0.2, 0) is 6.54 Å². The first-order chi connectivity index (χ1) is 7.81. The van der Waals surface area contributed by atoms with Crippen LogP contribution in [0.3, 0.4) is 0 Å². The third-order valence-corrected chi connectivity index (χ3v) is 3.43. The molecule has 3 nitrogen and oxygen atoms in total. The van der Waals surface area contributed by atoms with E-state index in [1.807, 2.05) is 6.07 Å². The molecule has 2 heterocycles. The second kappa shape index (κ2) is 5.30. The van der Waals surface area contributed by atoms with Crippen molar-refractivity contribution in [2.75, 3.05) is 13.6 Å². The SMILES string of the molecule is CN(Cc1ccsc1)C(CN)c1ccoc1. The fraction of sp³-hybridized carbons (Fsp3) is 0.333. The van der Waals surface area contributed by atoms with E-state index in [-0.39, 0.29) is 6.04 Å². The van der Waals surface area contributed by atoms with E-state index in [4.69, 9.17) is 10.2 Å². The Kier molecular flexibility index (Phi) is 3.77. The second-order valence-electron chi connectivity index (χ2n) is 3.85. The maximum atomic E-state index is 5.81. The van der Waals surface area contributed by atoms with Gasteiger partial charge in [0.2, 0.25) is 0 Å². The highest BCUT2D eigenvalue weighted by atomic mass is 32.1. The quantitative estimate of drug-likeness (QED) is 0.867. The topological polar surface area (TPSA) is 42.4 Å². The molecule has 2 N–H and O–H groups in total. The minimum absolute atomic E-state index is 0.221. The molecule has 1 atom stereocenters. The van der Waals surface area contributed by atoms with Crippen molar-refractivity contribution in [2.24, 2.45) is 5.73 Å². The van der Waals surface area contributed by atoms with Crippen LogP contribution in [0.15, 0.2) is 39.8 Å². The highest BCUT2D eigenvalue weighted by Crippen LogP contribution is 2.21. The molecule has 0 aliphatic heterocycles. The van der Waals surface area contributed by atoms with E-state index >= 15 is 0 Å². The summed E-state index contributed by atoms with van der Waals surface area (Å²) < 4.78 is 5.10. The van der Waals surface area contributed by atoms with Crippen molar-refractivity contribution in [1.29, 1.82) is 0 Å². The maximum Gasteiger partial charge on any atom is 0.0950 e. The molecule has 0 fully saturated rings. The normalized spacial score (nSPS) is 13.2. The predicted octanol–water partition coefficient (Wildman–Crippen LogP) is 2.47. The van der Waals surface area contributed by atoms with E-state index in [2.05, 4.69) is 28.8 Å². The van der Waals surface area contributed by atoms with Gasteiger partial charge in [0, 0.05) is 18.7 Å². The summed E-state index contributed by atoms with van der Waals surface area (Å²) in [6, 6.07) is 4.34. The molecule has 4 heteroatoms. The fourth-order valence-electron chi connectivity index (χ4n) is 1.82. The van der Waals surface area contributed by atoms with E-state index < -0.39 is 0 Å². The summed E-state index contributed by atoms with van der Waals surface area (Å²) in [5.74, 6) is 0. The van der Waals surface area contributed by atoms with Crippen LogP contribution in [0.25, 0.3) is 0 Å². The van der Waals surface area contributed by atoms with Crippen molar-refractivity contribution in [3.05, 3.63) is 46.5 Å². The van der Waals surface area contributed by atoms with Crippen LogP contribution in [0.2, 0.25) is 0 Å². The van der Waals surface area contributed by atoms with E-state index in [1.165, 1.54) is 5.56 Å². The molecule has 2 aromatic heterocycles. The highest BCUT2D eigenvalue weighted by molar-refractivity contribution is 7.07. The Morgan fingerprint density at radius 3 is 2.94 bits per heavy atom. The van der Waals surface area contributed by atoms with Gasteiger partial charge in [0.15, 0.2) is 0 Å². The Hall–Kier alpha value is -1.10. The Morgan fingerprint density at radius 2 is 2.38 bits per heavy atom. The smallest absolute Gasteiger partial charge is 0.0950 e. The lowest BCUT2D eigenvalue weighted by molar-refractivity contribution is 0.241. The first-order valence-corrected chi connectivity index (χ1v) is 6.19. The summed E-state index contributed by atoms with van der Waals surface area (Å²) in [6.07, 6.45) is 3.46. The third kappa shape index (κ3) is 2.52. The molecule has 0 aliphatic rings. The molecule has 86 valence electrons. The number of furan rings is 1. The van der Waals surface area contributed by atoms with Crippen LogP contribution in [0.5, 0.6) is 0 Å². The summed E-state index contributed by atoms with van der Waals surface area (Å²) in [6.45, 7) is 1.51. The van der Waals surface area contributed by atoms with Crippen molar-refractivity contribution in [1.82, 2.24) is 4.90 Å². The Bertz CT molecular complexity index is 397. The van der Waals surface area contributed by atoms with Crippen LogP contribution in [0, 0.1) is 0 Å². The molecule has 0 amide bonds. The summed E-state index contributed by atoms with van der Waals surface area (Å²) >= 11 is 1.72. The van der Waals surface area contributed by atoms with Gasteiger partial charge in [0.25, 0.3) is 0 Å². The number of thiophene rings is 1. The summed E-state index contributed by atoms with van der Waals surface area (Å²) in [5.41, 5.74) is 8.28. The minimum atomic E-state index is 0.221. The van der Waals surface area contributed by atoms with Crippen LogP contribution in [0.1, 0.15) is 17.2 Å². The molecule has 0 saturated carbocycles. The molecule has 0 bridgehead atoms. The summed E-state index contributed by atoms with van der Waals surface area (Å²) in [4.78, 5) is 2.24. The number of nitrogens with two attached hydrogens (primary N) is 1. The molecule has 0 saturated heterocycles. The predicted molar refractivity (Wildman–Crippen MR) is 66.3 cm³/mol. The fourth-order valence-corrected chi connectivity index (χ4v) is 2.48. The molecule has 2 aromatic rings. The summed E-state index contributed by atoms with van der Waals surface area (Å²) in [7, 11) is 2.09. The number of hydrogen-bond acceptors (Lipinski definition) is 4. The van der Waals surface area contributed by atoms with Crippen molar-refractivity contribution >= 4 is 11.3 Å². The van der Waals surface area contributed by atoms with Crippen molar-refractivity contribution in [2.45, 2.75) is 12.6 Å². The van der Waals surface area contributed by atoms with Crippen LogP contribution in [0.4, 0.5) is 0 Å². The van der Waals surface area contributed by atoms with Crippen LogP contribution in [-0.4, -0.2) is 18.5 Å². The van der Waals surface area contributed by atoms with Gasteiger partial charge in [0.05, 0.1) is 18.6 Å². The highest BCUT2D eigenvalue weighted by Gasteiger charge is 2.16. The number of likely N-dealkylation sites (N-methyl/N-ethyl adjacent to an activating group) is 1. The zero-order valence-electron chi connectivity index (χ0n) is 9.30. The number of hydrogen-bond donors (Lipinski definition) is 1. The first kappa shape index (κ1) is 11.4. The van der Waals surface area contributed by atoms with Crippen molar-refractivity contribution in [3.8, 4) is 0 Å². The lowest BCUT2D eigenvalue weighted by Crippen LogP contribution is -2.29. The van der Waals surface area contributed by atoms with Crippen LogP contribution < -0.4 is 5.73 Å². The standard InChI is InChI=1S/C12H16N2OS/c1-14(7-10-3-5-16-9-10)12(6-13)11-2-4-15-8-11/h2-5,8-9,12H,6-7,13H2,1H3. The van der Waals surface area contributed by atoms with E-state index in [1.54, 1.807) is 23.9 Å². The average molecular weight is 236 g/mol. The monoisotopic (exact) mass is 236 g/mol. The van der Waals surface area contributed by atoms with Crippen molar-refractivity contribution < 1.29 is 4.42 Å². The van der Waals surface area contributed by atoms with Gasteiger partial charge in [-0.3, -0.25) is 4.90 Å². The Morgan fingerprint density at radius 1 is 1.50 bits per heavy atom. The maximum absolute atomic E-state index is 5.81. The number of rotatable bonds is 5. The minimum Gasteiger partial charge on any atom is -0.472 e. The van der Waals surface area contributed by atoms with Gasteiger partial charge in [-0.2, -0.15) is 11.3 Å². The molecule has 0 radical (unpaired) electrons. The van der Waals surface area contributed by atoms with E-state index in [9.17, 15) is 0 Å². The van der Waals surface area contributed by atoms with Gasteiger partial charge in [-0.25, -0.2) is 0 Å². The molecule has 1 unspecified atom stereocenters. The van der Waals surface area contributed by atoms with Gasteiger partial charge < -0.3 is 10.2 Å². The molecule has 0 aliphatic carbocycles. The molecule has 16 heavy (non-hydrogen) atoms. The van der Waals surface area contributed by atoms with Crippen molar-refractivity contribution in [3.63, 3.8) is 0 Å². The Labute approximate surface area is 99.5 Å². The van der Waals surface area contributed by atoms with Gasteiger partial charge in [-0.05, 0) is 35.5 Å². The van der Waals surface area contributed by atoms with Gasteiger partial charge in [-0.15, -0.1) is 0 Å². The largest absolute Gasteiger partial charge is 0.472 e. The molecule has 0 aromatic carbocycles. The van der Waals surface area contributed by atoms with Crippen LogP contribution >= 0.6 is 11.3 Å². The zero-order chi connectivity index (χ0) is 11.4. The molecular formula is C12H16N2OS. The zero-order valence-corrected chi connectivity index (χ0v) is 10.1. The van der Waals surface area contributed by atoms with E-state index in [0.717, 1.165) is 12.1 Å². The molecular weight excluding hydrogens is 220 g/mol. The molecule has 0 spiro atoms. The van der Waals surface area contributed by atoms with Gasteiger partial charge in [-0.1, -0.05) is 0 Å². The summed E-state index contributed by atoms with van der Waals surface area (Å²) in [5, 5.41) is 4.26. The van der Waals surface area contributed by atoms with E-state index in [0.29, 0.717) is 6.54 Å². The average Bonchev–Trinajstić information content (AvgIpc) is 2.91. The second-order valence-corrected chi connectivity index (χ2v) is 4.63. The van der Waals surface area contributed by atoms with Gasteiger partial charge >= 0.3 is 0 Å². The molecule has 2 rings (SSSR count). The number of nitrogens with zero attached hydrogens (tertiary/aromatic N) is 1. The first-order valence-electron chi connectivity index (χ1n) is 5.24. The lowest BCUT2D eigenvalue weighted by Gasteiger charge is -2.25.